The van der Waals surface area contributed by atoms with Gasteiger partial charge in [0.1, 0.15) is 0 Å². The summed E-state index contributed by atoms with van der Waals surface area (Å²) in [6.07, 6.45) is 6.39. The Morgan fingerprint density at radius 3 is 2.42 bits per heavy atom. The number of benzene rings is 1. The first-order valence-electron chi connectivity index (χ1n) is 9.04. The van der Waals surface area contributed by atoms with Crippen LogP contribution in [0.25, 0.3) is 0 Å². The maximum absolute atomic E-state index is 12.3. The maximum Gasteiger partial charge on any atom is 0.314 e. The van der Waals surface area contributed by atoms with Crippen molar-refractivity contribution in [2.75, 3.05) is 0 Å². The fraction of sp³-hybridized carbons (Fsp3) is 0.600. The number of unbranched alkanes of at least 4 members (excludes halogenated alkanes) is 3. The number of rotatable bonds is 8. The highest BCUT2D eigenvalue weighted by molar-refractivity contribution is 5.83. The van der Waals surface area contributed by atoms with E-state index < -0.39 is 23.3 Å². The van der Waals surface area contributed by atoms with Crippen LogP contribution >= 0.6 is 0 Å². The third kappa shape index (κ3) is 3.80. The quantitative estimate of drug-likeness (QED) is 0.688. The molecule has 1 aromatic rings. The Morgan fingerprint density at radius 1 is 1.12 bits per heavy atom. The molecular weight excluding hydrogens is 304 g/mol. The van der Waals surface area contributed by atoms with Gasteiger partial charge in [-0.25, -0.2) is 0 Å². The lowest BCUT2D eigenvalue weighted by molar-refractivity contribution is -0.153. The second-order valence-corrected chi connectivity index (χ2v) is 7.00. The molecule has 3 unspecified atom stereocenters. The average Bonchev–Trinajstić information content (AvgIpc) is 2.59. The SMILES string of the molecule is CCCCCCC1CC(C(=O)O)CCC1(C(=O)O)c1ccccc1. The van der Waals surface area contributed by atoms with E-state index in [2.05, 4.69) is 6.92 Å². The fourth-order valence-electron chi connectivity index (χ4n) is 4.20. The van der Waals surface area contributed by atoms with Crippen LogP contribution in [0.15, 0.2) is 30.3 Å². The fourth-order valence-corrected chi connectivity index (χ4v) is 4.20. The van der Waals surface area contributed by atoms with Crippen LogP contribution in [0.5, 0.6) is 0 Å². The topological polar surface area (TPSA) is 74.6 Å². The molecule has 24 heavy (non-hydrogen) atoms. The van der Waals surface area contributed by atoms with Gasteiger partial charge in [0, 0.05) is 0 Å². The van der Waals surface area contributed by atoms with Crippen molar-refractivity contribution in [2.45, 2.75) is 63.7 Å². The third-order valence-electron chi connectivity index (χ3n) is 5.58. The van der Waals surface area contributed by atoms with E-state index in [-0.39, 0.29) is 5.92 Å². The van der Waals surface area contributed by atoms with Gasteiger partial charge < -0.3 is 10.2 Å². The Bertz CT molecular complexity index is 554. The third-order valence-corrected chi connectivity index (χ3v) is 5.58. The molecular formula is C20H28O4. The molecule has 4 nitrogen and oxygen atoms in total. The van der Waals surface area contributed by atoms with Crippen LogP contribution in [0.1, 0.15) is 63.9 Å². The van der Waals surface area contributed by atoms with Crippen LogP contribution in [-0.2, 0) is 15.0 Å². The molecule has 2 rings (SSSR count). The van der Waals surface area contributed by atoms with Crippen LogP contribution in [0, 0.1) is 11.8 Å². The second kappa shape index (κ2) is 8.32. The predicted octanol–water partition coefficient (Wildman–Crippen LogP) is 4.48. The number of hydrogen-bond donors (Lipinski definition) is 2. The Kier molecular flexibility index (Phi) is 6.41. The zero-order chi connectivity index (χ0) is 17.6. The summed E-state index contributed by atoms with van der Waals surface area (Å²) in [5.41, 5.74) is -0.124. The number of aliphatic carboxylic acids is 2. The van der Waals surface area contributed by atoms with Gasteiger partial charge in [0.15, 0.2) is 0 Å². The summed E-state index contributed by atoms with van der Waals surface area (Å²) >= 11 is 0. The minimum atomic E-state index is -0.945. The van der Waals surface area contributed by atoms with E-state index >= 15 is 0 Å². The Labute approximate surface area is 143 Å². The van der Waals surface area contributed by atoms with Crippen molar-refractivity contribution in [3.05, 3.63) is 35.9 Å². The van der Waals surface area contributed by atoms with E-state index in [1.165, 1.54) is 0 Å². The molecule has 0 radical (unpaired) electrons. The van der Waals surface area contributed by atoms with Gasteiger partial charge in [-0.2, -0.15) is 0 Å². The molecule has 1 aromatic carbocycles. The van der Waals surface area contributed by atoms with Crippen LogP contribution in [0.3, 0.4) is 0 Å². The van der Waals surface area contributed by atoms with Crippen LogP contribution in [0.2, 0.25) is 0 Å². The summed E-state index contributed by atoms with van der Waals surface area (Å²) in [4.78, 5) is 23.8. The van der Waals surface area contributed by atoms with Gasteiger partial charge in [0.2, 0.25) is 0 Å². The van der Waals surface area contributed by atoms with E-state index in [1.54, 1.807) is 0 Å². The Hall–Kier alpha value is -1.84. The van der Waals surface area contributed by atoms with Crippen molar-refractivity contribution < 1.29 is 19.8 Å². The monoisotopic (exact) mass is 332 g/mol. The van der Waals surface area contributed by atoms with Crippen LogP contribution < -0.4 is 0 Å². The molecule has 2 N–H and O–H groups in total. The standard InChI is InChI=1S/C20H28O4/c1-2-3-4-6-11-17-14-15(18(21)22)12-13-20(17,19(23)24)16-9-7-5-8-10-16/h5,7-10,15,17H,2-4,6,11-14H2,1H3,(H,21,22)(H,23,24). The highest BCUT2D eigenvalue weighted by Gasteiger charge is 2.51. The smallest absolute Gasteiger partial charge is 0.314 e. The van der Waals surface area contributed by atoms with Gasteiger partial charge in [-0.3, -0.25) is 9.59 Å². The van der Waals surface area contributed by atoms with Crippen molar-refractivity contribution in [1.82, 2.24) is 0 Å². The second-order valence-electron chi connectivity index (χ2n) is 7.00. The number of hydrogen-bond acceptors (Lipinski definition) is 2. The van der Waals surface area contributed by atoms with Crippen molar-refractivity contribution in [3.63, 3.8) is 0 Å². The first-order valence-corrected chi connectivity index (χ1v) is 9.04. The van der Waals surface area contributed by atoms with Gasteiger partial charge in [0.25, 0.3) is 0 Å². The molecule has 1 saturated carbocycles. The summed E-state index contributed by atoms with van der Waals surface area (Å²) < 4.78 is 0. The van der Waals surface area contributed by atoms with Gasteiger partial charge in [-0.15, -0.1) is 0 Å². The summed E-state index contributed by atoms with van der Waals surface area (Å²) in [6.45, 7) is 2.15. The molecule has 132 valence electrons. The molecule has 3 atom stereocenters. The minimum absolute atomic E-state index is 0.121. The van der Waals surface area contributed by atoms with Gasteiger partial charge in [0.05, 0.1) is 11.3 Å². The molecule has 0 aliphatic heterocycles. The molecule has 0 saturated heterocycles. The van der Waals surface area contributed by atoms with Crippen molar-refractivity contribution in [1.29, 1.82) is 0 Å². The lowest BCUT2D eigenvalue weighted by Gasteiger charge is -2.43. The van der Waals surface area contributed by atoms with Gasteiger partial charge >= 0.3 is 11.9 Å². The molecule has 0 spiro atoms. The van der Waals surface area contributed by atoms with Crippen molar-refractivity contribution in [3.8, 4) is 0 Å². The summed E-state index contributed by atoms with van der Waals surface area (Å²) in [5.74, 6) is -2.14. The number of carboxylic acid groups (broad SMARTS) is 2. The number of carbonyl (C=O) groups is 2. The minimum Gasteiger partial charge on any atom is -0.481 e. The van der Waals surface area contributed by atoms with E-state index in [0.717, 1.165) is 37.7 Å². The molecule has 0 amide bonds. The summed E-state index contributed by atoms with van der Waals surface area (Å²) in [6, 6.07) is 9.40. The molecule has 1 aliphatic carbocycles. The molecule has 4 heteroatoms. The molecule has 1 aliphatic rings. The number of carboxylic acids is 2. The van der Waals surface area contributed by atoms with Gasteiger partial charge in [-0.1, -0.05) is 62.9 Å². The summed E-state index contributed by atoms with van der Waals surface area (Å²) in [5, 5.41) is 19.5. The first-order chi connectivity index (χ1) is 11.5. The van der Waals surface area contributed by atoms with Crippen LogP contribution in [0.4, 0.5) is 0 Å². The Balaban J connectivity index is 2.30. The highest BCUT2D eigenvalue weighted by Crippen LogP contribution is 2.48. The Morgan fingerprint density at radius 2 is 1.83 bits per heavy atom. The molecule has 0 bridgehead atoms. The normalized spacial score (nSPS) is 26.9. The van der Waals surface area contributed by atoms with E-state index in [4.69, 9.17) is 0 Å². The lowest BCUT2D eigenvalue weighted by Crippen LogP contribution is -2.48. The summed E-state index contributed by atoms with van der Waals surface area (Å²) in [7, 11) is 0. The molecule has 1 fully saturated rings. The molecule has 0 aromatic heterocycles. The van der Waals surface area contributed by atoms with Crippen molar-refractivity contribution >= 4 is 11.9 Å². The zero-order valence-electron chi connectivity index (χ0n) is 14.4. The lowest BCUT2D eigenvalue weighted by atomic mass is 9.59. The van der Waals surface area contributed by atoms with E-state index in [9.17, 15) is 19.8 Å². The average molecular weight is 332 g/mol. The highest BCUT2D eigenvalue weighted by atomic mass is 16.4. The van der Waals surface area contributed by atoms with Crippen molar-refractivity contribution in [2.24, 2.45) is 11.8 Å². The zero-order valence-corrected chi connectivity index (χ0v) is 14.4. The van der Waals surface area contributed by atoms with E-state index in [0.29, 0.717) is 19.3 Å². The maximum atomic E-state index is 12.3. The van der Waals surface area contributed by atoms with E-state index in [1.807, 2.05) is 30.3 Å². The predicted molar refractivity (Wildman–Crippen MR) is 93.0 cm³/mol. The molecule has 0 heterocycles. The first kappa shape index (κ1) is 18.5. The van der Waals surface area contributed by atoms with Crippen LogP contribution in [-0.4, -0.2) is 22.2 Å². The van der Waals surface area contributed by atoms with Gasteiger partial charge in [-0.05, 0) is 37.2 Å². The largest absolute Gasteiger partial charge is 0.481 e.